The van der Waals surface area contributed by atoms with Gasteiger partial charge in [-0.05, 0) is 39.0 Å². The Morgan fingerprint density at radius 3 is 2.79 bits per heavy atom. The molecule has 1 unspecified atom stereocenters. The summed E-state index contributed by atoms with van der Waals surface area (Å²) in [6, 6.07) is 0.455. The molecule has 0 amide bonds. The molecular formula is C18H33N5O. The fraction of sp³-hybridized carbons (Fsp3) is 0.833. The van der Waals surface area contributed by atoms with Gasteiger partial charge in [-0.2, -0.15) is 4.98 Å². The highest BCUT2D eigenvalue weighted by molar-refractivity contribution is 5.79. The summed E-state index contributed by atoms with van der Waals surface area (Å²) in [7, 11) is 1.82. The zero-order chi connectivity index (χ0) is 17.2. The minimum Gasteiger partial charge on any atom is -0.356 e. The third kappa shape index (κ3) is 6.89. The molecule has 1 atom stereocenters. The van der Waals surface area contributed by atoms with Gasteiger partial charge in [0, 0.05) is 26.1 Å². The molecule has 0 saturated heterocycles. The molecule has 1 aromatic heterocycles. The van der Waals surface area contributed by atoms with Gasteiger partial charge < -0.3 is 15.2 Å². The standard InChI is InChI=1S/C18H33N5O/c1-14(11-12-16-8-5-4-6-9-16)21-18(19-3)20-13-7-10-17-22-15(2)23-24-17/h14,16H,4-13H2,1-3H3,(H2,19,20,21). The molecule has 1 aromatic rings. The quantitative estimate of drug-likeness (QED) is 0.433. The second-order valence-electron chi connectivity index (χ2n) is 6.96. The second-order valence-corrected chi connectivity index (χ2v) is 6.96. The van der Waals surface area contributed by atoms with Crippen molar-refractivity contribution in [2.45, 2.75) is 77.7 Å². The van der Waals surface area contributed by atoms with Crippen molar-refractivity contribution in [2.24, 2.45) is 10.9 Å². The number of hydrogen-bond donors (Lipinski definition) is 2. The Balaban J connectivity index is 1.58. The topological polar surface area (TPSA) is 75.3 Å². The van der Waals surface area contributed by atoms with Crippen LogP contribution in [0.5, 0.6) is 0 Å². The Bertz CT molecular complexity index is 493. The van der Waals surface area contributed by atoms with Gasteiger partial charge in [-0.25, -0.2) is 0 Å². The van der Waals surface area contributed by atoms with Crippen LogP contribution in [0.3, 0.4) is 0 Å². The van der Waals surface area contributed by atoms with E-state index in [4.69, 9.17) is 4.52 Å². The van der Waals surface area contributed by atoms with Crippen molar-refractivity contribution in [3.05, 3.63) is 11.7 Å². The fourth-order valence-electron chi connectivity index (χ4n) is 3.35. The number of guanidine groups is 1. The lowest BCUT2D eigenvalue weighted by atomic mass is 9.85. The third-order valence-electron chi connectivity index (χ3n) is 4.77. The van der Waals surface area contributed by atoms with Crippen LogP contribution in [-0.2, 0) is 6.42 Å². The van der Waals surface area contributed by atoms with Crippen LogP contribution in [-0.4, -0.2) is 35.7 Å². The van der Waals surface area contributed by atoms with E-state index in [1.165, 1.54) is 44.9 Å². The van der Waals surface area contributed by atoms with Gasteiger partial charge in [-0.15, -0.1) is 0 Å². The Hall–Kier alpha value is -1.59. The molecule has 1 heterocycles. The fourth-order valence-corrected chi connectivity index (χ4v) is 3.35. The number of aromatic nitrogens is 2. The highest BCUT2D eigenvalue weighted by Crippen LogP contribution is 2.27. The summed E-state index contributed by atoms with van der Waals surface area (Å²) in [5.74, 6) is 3.23. The minimum absolute atomic E-state index is 0.455. The van der Waals surface area contributed by atoms with Gasteiger partial charge in [0.25, 0.3) is 0 Å². The Labute approximate surface area is 145 Å². The molecule has 0 aliphatic heterocycles. The van der Waals surface area contributed by atoms with Crippen molar-refractivity contribution in [1.29, 1.82) is 0 Å². The van der Waals surface area contributed by atoms with E-state index in [1.807, 2.05) is 14.0 Å². The van der Waals surface area contributed by atoms with Crippen LogP contribution in [0.15, 0.2) is 9.52 Å². The van der Waals surface area contributed by atoms with E-state index in [1.54, 1.807) is 0 Å². The van der Waals surface area contributed by atoms with Gasteiger partial charge in [0.1, 0.15) is 0 Å². The van der Waals surface area contributed by atoms with Gasteiger partial charge >= 0.3 is 0 Å². The van der Waals surface area contributed by atoms with E-state index < -0.39 is 0 Å². The van der Waals surface area contributed by atoms with E-state index in [0.29, 0.717) is 17.8 Å². The smallest absolute Gasteiger partial charge is 0.226 e. The molecule has 0 aromatic carbocycles. The maximum Gasteiger partial charge on any atom is 0.226 e. The molecular weight excluding hydrogens is 302 g/mol. The monoisotopic (exact) mass is 335 g/mol. The van der Waals surface area contributed by atoms with Crippen LogP contribution in [0, 0.1) is 12.8 Å². The van der Waals surface area contributed by atoms with Crippen molar-refractivity contribution < 1.29 is 4.52 Å². The Morgan fingerprint density at radius 2 is 2.12 bits per heavy atom. The summed E-state index contributed by atoms with van der Waals surface area (Å²) in [5.41, 5.74) is 0. The van der Waals surface area contributed by atoms with Gasteiger partial charge in [0.15, 0.2) is 11.8 Å². The van der Waals surface area contributed by atoms with Crippen LogP contribution in [0.2, 0.25) is 0 Å². The van der Waals surface area contributed by atoms with Gasteiger partial charge in [0.05, 0.1) is 0 Å². The molecule has 0 spiro atoms. The normalized spacial score (nSPS) is 17.7. The summed E-state index contributed by atoms with van der Waals surface area (Å²) in [4.78, 5) is 8.53. The largest absolute Gasteiger partial charge is 0.356 e. The average Bonchev–Trinajstić information content (AvgIpc) is 3.02. The molecule has 1 saturated carbocycles. The number of rotatable bonds is 8. The SMILES string of the molecule is CN=C(NCCCc1nc(C)no1)NC(C)CCC1CCCCC1. The van der Waals surface area contributed by atoms with Gasteiger partial charge in [-0.3, -0.25) is 4.99 Å². The van der Waals surface area contributed by atoms with E-state index in [-0.39, 0.29) is 0 Å². The maximum absolute atomic E-state index is 5.12. The average molecular weight is 335 g/mol. The lowest BCUT2D eigenvalue weighted by Crippen LogP contribution is -2.42. The van der Waals surface area contributed by atoms with Crippen molar-refractivity contribution in [3.63, 3.8) is 0 Å². The van der Waals surface area contributed by atoms with E-state index in [0.717, 1.165) is 31.3 Å². The predicted molar refractivity (Wildman–Crippen MR) is 97.1 cm³/mol. The van der Waals surface area contributed by atoms with Crippen molar-refractivity contribution in [3.8, 4) is 0 Å². The Kier molecular flexibility index (Phi) is 8.05. The molecule has 6 nitrogen and oxygen atoms in total. The zero-order valence-corrected chi connectivity index (χ0v) is 15.5. The molecule has 136 valence electrons. The number of nitrogens with zero attached hydrogens (tertiary/aromatic N) is 3. The molecule has 6 heteroatoms. The molecule has 1 fully saturated rings. The third-order valence-corrected chi connectivity index (χ3v) is 4.77. The van der Waals surface area contributed by atoms with Crippen LogP contribution < -0.4 is 10.6 Å². The van der Waals surface area contributed by atoms with Gasteiger partial charge in [-0.1, -0.05) is 37.3 Å². The lowest BCUT2D eigenvalue weighted by Gasteiger charge is -2.24. The maximum atomic E-state index is 5.12. The second kappa shape index (κ2) is 10.3. The minimum atomic E-state index is 0.455. The van der Waals surface area contributed by atoms with E-state index in [2.05, 4.69) is 32.7 Å². The summed E-state index contributed by atoms with van der Waals surface area (Å²) < 4.78 is 5.12. The van der Waals surface area contributed by atoms with E-state index >= 15 is 0 Å². The number of aliphatic imine (C=N–C) groups is 1. The molecule has 24 heavy (non-hydrogen) atoms. The number of aryl methyl sites for hydroxylation is 2. The highest BCUT2D eigenvalue weighted by Gasteiger charge is 2.15. The number of hydrogen-bond acceptors (Lipinski definition) is 4. The van der Waals surface area contributed by atoms with Crippen molar-refractivity contribution in [2.75, 3.05) is 13.6 Å². The van der Waals surface area contributed by atoms with Crippen molar-refractivity contribution in [1.82, 2.24) is 20.8 Å². The Morgan fingerprint density at radius 1 is 1.33 bits per heavy atom. The van der Waals surface area contributed by atoms with Crippen LogP contribution in [0.4, 0.5) is 0 Å². The van der Waals surface area contributed by atoms with Crippen LogP contribution in [0.1, 0.15) is 70.0 Å². The molecule has 1 aliphatic rings. The zero-order valence-electron chi connectivity index (χ0n) is 15.5. The first-order valence-electron chi connectivity index (χ1n) is 9.43. The first kappa shape index (κ1) is 18.7. The molecule has 1 aliphatic carbocycles. The van der Waals surface area contributed by atoms with E-state index in [9.17, 15) is 0 Å². The predicted octanol–water partition coefficient (Wildman–Crippen LogP) is 3.22. The lowest BCUT2D eigenvalue weighted by molar-refractivity contribution is 0.322. The summed E-state index contributed by atoms with van der Waals surface area (Å²) in [6.07, 6.45) is 11.4. The molecule has 0 radical (unpaired) electrons. The van der Waals surface area contributed by atoms with Crippen LogP contribution >= 0.6 is 0 Å². The van der Waals surface area contributed by atoms with Crippen LogP contribution in [0.25, 0.3) is 0 Å². The highest BCUT2D eigenvalue weighted by atomic mass is 16.5. The molecule has 2 N–H and O–H groups in total. The first-order valence-corrected chi connectivity index (χ1v) is 9.43. The van der Waals surface area contributed by atoms with Crippen molar-refractivity contribution >= 4 is 5.96 Å². The van der Waals surface area contributed by atoms with Gasteiger partial charge in [0.2, 0.25) is 5.89 Å². The first-order chi connectivity index (χ1) is 11.7. The summed E-state index contributed by atoms with van der Waals surface area (Å²) in [5, 5.41) is 10.7. The summed E-state index contributed by atoms with van der Waals surface area (Å²) >= 11 is 0. The molecule has 2 rings (SSSR count). The number of nitrogens with one attached hydrogen (secondary N) is 2. The summed E-state index contributed by atoms with van der Waals surface area (Å²) in [6.45, 7) is 4.93. The molecule has 0 bridgehead atoms.